The first kappa shape index (κ1) is 24.3. The number of morpholine rings is 1. The maximum absolute atomic E-state index is 13.0. The van der Waals surface area contributed by atoms with Crippen LogP contribution < -0.4 is 9.70 Å². The summed E-state index contributed by atoms with van der Waals surface area (Å²) in [7, 11) is 0. The summed E-state index contributed by atoms with van der Waals surface area (Å²) < 4.78 is 12.9. The van der Waals surface area contributed by atoms with Crippen LogP contribution in [-0.4, -0.2) is 54.3 Å². The van der Waals surface area contributed by atoms with Crippen LogP contribution in [0, 0.1) is 10.1 Å². The number of anilines is 1. The standard InChI is InChI=1S/C24H24N4O6S/c1-3-9-27-19-8-6-17(23(30)34-4-2)15-21(19)35-24(27)25-22(29)16-5-7-18(20(14-16)28(31)32)26-10-12-33-13-11-26/h3,5-8,14-15H,1,4,9-13H2,2H3. The third-order valence-electron chi connectivity index (χ3n) is 5.47. The molecule has 2 heterocycles. The van der Waals surface area contributed by atoms with Crippen LogP contribution in [0.3, 0.4) is 0 Å². The van der Waals surface area contributed by atoms with Gasteiger partial charge in [0.15, 0.2) is 4.80 Å². The molecule has 35 heavy (non-hydrogen) atoms. The number of thiazole rings is 1. The van der Waals surface area contributed by atoms with Gasteiger partial charge in [0, 0.05) is 31.3 Å². The van der Waals surface area contributed by atoms with Crippen molar-refractivity contribution in [3.05, 3.63) is 75.1 Å². The van der Waals surface area contributed by atoms with Crippen LogP contribution >= 0.6 is 11.3 Å². The molecule has 0 atom stereocenters. The third-order valence-corrected chi connectivity index (χ3v) is 6.51. The van der Waals surface area contributed by atoms with Gasteiger partial charge in [-0.3, -0.25) is 14.9 Å². The lowest BCUT2D eigenvalue weighted by atomic mass is 10.1. The Hall–Kier alpha value is -3.83. The fraction of sp³-hybridized carbons (Fsp3) is 0.292. The average molecular weight is 497 g/mol. The van der Waals surface area contributed by atoms with Gasteiger partial charge in [-0.05, 0) is 37.3 Å². The number of hydrogen-bond donors (Lipinski definition) is 0. The monoisotopic (exact) mass is 496 g/mol. The molecule has 0 N–H and O–H groups in total. The Balaban J connectivity index is 1.74. The Morgan fingerprint density at radius 3 is 2.66 bits per heavy atom. The number of carbonyl (C=O) groups is 2. The molecule has 1 aromatic heterocycles. The highest BCUT2D eigenvalue weighted by molar-refractivity contribution is 7.16. The Bertz CT molecular complexity index is 1370. The largest absolute Gasteiger partial charge is 0.462 e. The fourth-order valence-corrected chi connectivity index (χ4v) is 4.91. The molecule has 182 valence electrons. The molecule has 0 saturated carbocycles. The van der Waals surface area contributed by atoms with E-state index in [-0.39, 0.29) is 17.9 Å². The molecule has 2 aromatic carbocycles. The summed E-state index contributed by atoms with van der Waals surface area (Å²) in [4.78, 5) is 42.9. The topological polar surface area (TPSA) is 116 Å². The van der Waals surface area contributed by atoms with E-state index in [1.807, 2.05) is 4.90 Å². The summed E-state index contributed by atoms with van der Waals surface area (Å²) in [5.41, 5.74) is 1.59. The van der Waals surface area contributed by atoms with Crippen molar-refractivity contribution in [2.45, 2.75) is 13.5 Å². The van der Waals surface area contributed by atoms with Crippen molar-refractivity contribution in [3.63, 3.8) is 0 Å². The molecule has 0 spiro atoms. The number of benzene rings is 2. The fourth-order valence-electron chi connectivity index (χ4n) is 3.83. The number of esters is 1. The molecule has 3 aromatic rings. The molecule has 1 amide bonds. The van der Waals surface area contributed by atoms with Gasteiger partial charge in [0.2, 0.25) is 0 Å². The van der Waals surface area contributed by atoms with E-state index in [1.165, 1.54) is 17.4 Å². The Morgan fingerprint density at radius 2 is 1.97 bits per heavy atom. The molecule has 1 fully saturated rings. The summed E-state index contributed by atoms with van der Waals surface area (Å²) in [6.45, 7) is 8.21. The number of nitrogens with zero attached hydrogens (tertiary/aromatic N) is 4. The normalized spacial score (nSPS) is 14.2. The van der Waals surface area contributed by atoms with Crippen LogP contribution in [0.2, 0.25) is 0 Å². The molecule has 4 rings (SSSR count). The van der Waals surface area contributed by atoms with E-state index in [0.29, 0.717) is 48.9 Å². The Morgan fingerprint density at radius 1 is 1.23 bits per heavy atom. The summed E-state index contributed by atoms with van der Waals surface area (Å²) in [6.07, 6.45) is 1.68. The first-order valence-electron chi connectivity index (χ1n) is 11.0. The number of rotatable bonds is 7. The summed E-state index contributed by atoms with van der Waals surface area (Å²) >= 11 is 1.24. The zero-order valence-electron chi connectivity index (χ0n) is 19.1. The molecule has 1 saturated heterocycles. The Labute approximate surface area is 204 Å². The second-order valence-corrected chi connectivity index (χ2v) is 8.67. The van der Waals surface area contributed by atoms with Gasteiger partial charge in [0.05, 0.1) is 40.5 Å². The van der Waals surface area contributed by atoms with Gasteiger partial charge in [-0.2, -0.15) is 4.99 Å². The molecule has 1 aliphatic rings. The minimum atomic E-state index is -0.600. The lowest BCUT2D eigenvalue weighted by Crippen LogP contribution is -2.36. The van der Waals surface area contributed by atoms with Gasteiger partial charge < -0.3 is 18.9 Å². The van der Waals surface area contributed by atoms with Crippen molar-refractivity contribution in [1.82, 2.24) is 4.57 Å². The first-order valence-corrected chi connectivity index (χ1v) is 11.9. The van der Waals surface area contributed by atoms with E-state index in [4.69, 9.17) is 9.47 Å². The maximum Gasteiger partial charge on any atom is 0.338 e. The van der Waals surface area contributed by atoms with Gasteiger partial charge in [0.25, 0.3) is 11.6 Å². The average Bonchev–Trinajstić information content (AvgIpc) is 3.20. The number of carbonyl (C=O) groups excluding carboxylic acids is 2. The van der Waals surface area contributed by atoms with Crippen LogP contribution in [0.1, 0.15) is 27.6 Å². The molecule has 1 aliphatic heterocycles. The van der Waals surface area contributed by atoms with E-state index < -0.39 is 16.8 Å². The van der Waals surface area contributed by atoms with Crippen molar-refractivity contribution >= 4 is 44.8 Å². The van der Waals surface area contributed by atoms with Gasteiger partial charge in [0.1, 0.15) is 5.69 Å². The van der Waals surface area contributed by atoms with Gasteiger partial charge >= 0.3 is 5.97 Å². The van der Waals surface area contributed by atoms with Gasteiger partial charge in [-0.1, -0.05) is 17.4 Å². The first-order chi connectivity index (χ1) is 16.9. The summed E-state index contributed by atoms with van der Waals surface area (Å²) in [6, 6.07) is 9.52. The smallest absolute Gasteiger partial charge is 0.338 e. The summed E-state index contributed by atoms with van der Waals surface area (Å²) in [5.74, 6) is -1.03. The molecule has 11 heteroatoms. The number of nitro groups is 1. The molecule has 10 nitrogen and oxygen atoms in total. The predicted molar refractivity (Wildman–Crippen MR) is 132 cm³/mol. The van der Waals surface area contributed by atoms with Gasteiger partial charge in [-0.15, -0.1) is 6.58 Å². The predicted octanol–water partition coefficient (Wildman–Crippen LogP) is 3.55. The van der Waals surface area contributed by atoms with E-state index >= 15 is 0 Å². The van der Waals surface area contributed by atoms with Crippen LogP contribution in [0.5, 0.6) is 0 Å². The van der Waals surface area contributed by atoms with Crippen LogP contribution in [0.15, 0.2) is 54.0 Å². The molecule has 0 radical (unpaired) electrons. The molecular weight excluding hydrogens is 472 g/mol. The van der Waals surface area contributed by atoms with E-state index in [2.05, 4.69) is 11.6 Å². The number of hydrogen-bond acceptors (Lipinski definition) is 8. The van der Waals surface area contributed by atoms with Crippen LogP contribution in [0.4, 0.5) is 11.4 Å². The molecule has 0 bridgehead atoms. The Kier molecular flexibility index (Phi) is 7.37. The highest BCUT2D eigenvalue weighted by atomic mass is 32.1. The molecule has 0 unspecified atom stereocenters. The highest BCUT2D eigenvalue weighted by Crippen LogP contribution is 2.30. The lowest BCUT2D eigenvalue weighted by Gasteiger charge is -2.28. The van der Waals surface area contributed by atoms with Crippen LogP contribution in [-0.2, 0) is 16.0 Å². The van der Waals surface area contributed by atoms with E-state index in [1.54, 1.807) is 47.9 Å². The minimum Gasteiger partial charge on any atom is -0.462 e. The van der Waals surface area contributed by atoms with Gasteiger partial charge in [-0.25, -0.2) is 4.79 Å². The number of allylic oxidation sites excluding steroid dienone is 1. The number of ether oxygens (including phenoxy) is 2. The minimum absolute atomic E-state index is 0.114. The van der Waals surface area contributed by atoms with Crippen LogP contribution in [0.25, 0.3) is 10.2 Å². The maximum atomic E-state index is 13.0. The van der Waals surface area contributed by atoms with E-state index in [9.17, 15) is 19.7 Å². The number of fused-ring (bicyclic) bond motifs is 1. The molecular formula is C24H24N4O6S. The number of aromatic nitrogens is 1. The van der Waals surface area contributed by atoms with Crippen molar-refractivity contribution in [1.29, 1.82) is 0 Å². The zero-order valence-corrected chi connectivity index (χ0v) is 20.0. The highest BCUT2D eigenvalue weighted by Gasteiger charge is 2.23. The third kappa shape index (κ3) is 5.15. The van der Waals surface area contributed by atoms with E-state index in [0.717, 1.165) is 10.2 Å². The second-order valence-electron chi connectivity index (χ2n) is 7.66. The second kappa shape index (κ2) is 10.6. The van der Waals surface area contributed by atoms with Crippen molar-refractivity contribution in [2.75, 3.05) is 37.8 Å². The quantitative estimate of drug-likeness (QED) is 0.213. The van der Waals surface area contributed by atoms with Crippen molar-refractivity contribution < 1.29 is 24.0 Å². The summed E-state index contributed by atoms with van der Waals surface area (Å²) in [5, 5.41) is 11.7. The van der Waals surface area contributed by atoms with Crippen molar-refractivity contribution in [3.8, 4) is 0 Å². The number of amides is 1. The molecule has 0 aliphatic carbocycles. The zero-order chi connectivity index (χ0) is 24.9. The SMILES string of the molecule is C=CCn1c(=NC(=O)c2ccc(N3CCOCC3)c([N+](=O)[O-])c2)sc2cc(C(=O)OCC)ccc21. The number of nitro benzene ring substituents is 1. The lowest BCUT2D eigenvalue weighted by molar-refractivity contribution is -0.384. The van der Waals surface area contributed by atoms with Crippen molar-refractivity contribution in [2.24, 2.45) is 4.99 Å².